The van der Waals surface area contributed by atoms with Crippen LogP contribution in [0.2, 0.25) is 0 Å². The predicted molar refractivity (Wildman–Crippen MR) is 153 cm³/mol. The largest absolute Gasteiger partial charge is 0.339 e. The lowest BCUT2D eigenvalue weighted by Crippen LogP contribution is -2.65. The minimum absolute atomic E-state index is 0.0238. The number of fused-ring (bicyclic) bond motifs is 7. The Morgan fingerprint density at radius 1 is 1.05 bits per heavy atom. The third-order valence-corrected chi connectivity index (χ3v) is 13.5. The third kappa shape index (κ3) is 3.33. The number of aromatic nitrogens is 2. The van der Waals surface area contributed by atoms with Crippen LogP contribution < -0.4 is 0 Å². The van der Waals surface area contributed by atoms with Gasteiger partial charge in [-0.05, 0) is 91.4 Å². The molecular formula is C34H45N3O3. The maximum absolute atomic E-state index is 14.7. The van der Waals surface area contributed by atoms with Crippen LogP contribution in [-0.4, -0.2) is 21.7 Å². The Labute approximate surface area is 239 Å². The minimum Gasteiger partial charge on any atom is -0.339 e. The van der Waals surface area contributed by atoms with Gasteiger partial charge in [0.1, 0.15) is 0 Å². The van der Waals surface area contributed by atoms with Crippen LogP contribution in [0.25, 0.3) is 4.85 Å². The predicted octanol–water partition coefficient (Wildman–Crippen LogP) is 7.35. The molecule has 0 spiro atoms. The van der Waals surface area contributed by atoms with E-state index >= 15 is 0 Å². The van der Waals surface area contributed by atoms with E-state index in [1.165, 1.54) is 5.57 Å². The molecule has 1 aromatic heterocycles. The van der Waals surface area contributed by atoms with E-state index in [0.717, 1.165) is 44.9 Å². The fourth-order valence-electron chi connectivity index (χ4n) is 11.0. The zero-order chi connectivity index (χ0) is 29.0. The number of aryl methyl sites for hydroxylation is 1. The summed E-state index contributed by atoms with van der Waals surface area (Å²) in [5, 5.41) is 4.09. The number of hydrogen-bond donors (Lipinski definition) is 0. The van der Waals surface area contributed by atoms with E-state index in [-0.39, 0.29) is 51.3 Å². The SMILES string of the molecule is [C-]#[N+]C1=C[C@]2(C)C3=CC(=O)[C@@H]4[C@@H]5[C@@H](C)[C@H](C)CC[C@]5(Cc5nc(C)no5)CC[C@@]4(C)[C@]3(C)CC[C@H]2C(C)(C)C1=O. The summed E-state index contributed by atoms with van der Waals surface area (Å²) in [4.78, 5) is 36.3. The molecule has 1 heterocycles. The Balaban J connectivity index is 1.51. The van der Waals surface area contributed by atoms with Crippen LogP contribution >= 0.6 is 0 Å². The highest BCUT2D eigenvalue weighted by Gasteiger charge is 2.70. The summed E-state index contributed by atoms with van der Waals surface area (Å²) in [6, 6.07) is 0. The van der Waals surface area contributed by atoms with E-state index in [0.29, 0.717) is 23.6 Å². The molecule has 3 fully saturated rings. The molecule has 0 amide bonds. The fraction of sp³-hybridized carbons (Fsp3) is 0.735. The van der Waals surface area contributed by atoms with Gasteiger partial charge in [-0.3, -0.25) is 4.79 Å². The quantitative estimate of drug-likeness (QED) is 0.365. The summed E-state index contributed by atoms with van der Waals surface area (Å²) in [5.74, 6) is 2.79. The zero-order valence-corrected chi connectivity index (χ0v) is 25.6. The lowest BCUT2D eigenvalue weighted by atomic mass is 9.33. The summed E-state index contributed by atoms with van der Waals surface area (Å²) in [6.45, 7) is 25.4. The van der Waals surface area contributed by atoms with Crippen molar-refractivity contribution in [3.63, 3.8) is 0 Å². The number of carbonyl (C=O) groups excluding carboxylic acids is 2. The van der Waals surface area contributed by atoms with Crippen molar-refractivity contribution in [2.24, 2.45) is 56.7 Å². The second-order valence-electron chi connectivity index (χ2n) is 15.4. The van der Waals surface area contributed by atoms with Gasteiger partial charge in [0.25, 0.3) is 0 Å². The van der Waals surface area contributed by atoms with E-state index < -0.39 is 10.8 Å². The average molecular weight is 544 g/mol. The summed E-state index contributed by atoms with van der Waals surface area (Å²) in [6.07, 6.45) is 10.8. The van der Waals surface area contributed by atoms with Crippen molar-refractivity contribution in [2.45, 2.75) is 100 Å². The Morgan fingerprint density at radius 3 is 2.42 bits per heavy atom. The first kappa shape index (κ1) is 27.6. The lowest BCUT2D eigenvalue weighted by molar-refractivity contribution is -0.177. The molecule has 0 bridgehead atoms. The molecule has 5 aliphatic carbocycles. The average Bonchev–Trinajstić information content (AvgIpc) is 3.30. The number of hydrogen-bond acceptors (Lipinski definition) is 5. The van der Waals surface area contributed by atoms with Crippen LogP contribution in [-0.2, 0) is 16.0 Å². The van der Waals surface area contributed by atoms with Crippen molar-refractivity contribution >= 4 is 11.6 Å². The molecule has 0 radical (unpaired) electrons. The van der Waals surface area contributed by atoms with Crippen LogP contribution in [0, 0.1) is 70.2 Å². The maximum Gasteiger partial charge on any atom is 0.227 e. The first-order valence-corrected chi connectivity index (χ1v) is 15.4. The van der Waals surface area contributed by atoms with Gasteiger partial charge in [-0.2, -0.15) is 4.98 Å². The normalized spacial score (nSPS) is 45.7. The van der Waals surface area contributed by atoms with E-state index in [1.807, 2.05) is 32.9 Å². The molecule has 6 nitrogen and oxygen atoms in total. The van der Waals surface area contributed by atoms with Crippen molar-refractivity contribution < 1.29 is 14.1 Å². The van der Waals surface area contributed by atoms with Gasteiger partial charge in [0, 0.05) is 23.2 Å². The highest BCUT2D eigenvalue weighted by molar-refractivity contribution is 6.03. The van der Waals surface area contributed by atoms with E-state index in [9.17, 15) is 9.59 Å². The number of ketones is 2. The molecule has 0 saturated heterocycles. The second-order valence-corrected chi connectivity index (χ2v) is 15.4. The molecule has 0 aliphatic heterocycles. The van der Waals surface area contributed by atoms with E-state index in [2.05, 4.69) is 49.6 Å². The van der Waals surface area contributed by atoms with Gasteiger partial charge in [-0.25, -0.2) is 4.85 Å². The van der Waals surface area contributed by atoms with Crippen molar-refractivity contribution in [3.8, 4) is 0 Å². The Kier molecular flexibility index (Phi) is 5.86. The molecule has 0 N–H and O–H groups in total. The van der Waals surface area contributed by atoms with Gasteiger partial charge in [0.2, 0.25) is 11.6 Å². The zero-order valence-electron chi connectivity index (χ0n) is 25.6. The van der Waals surface area contributed by atoms with Gasteiger partial charge in [0.15, 0.2) is 17.4 Å². The molecule has 5 aliphatic rings. The first-order valence-electron chi connectivity index (χ1n) is 15.4. The van der Waals surface area contributed by atoms with Crippen LogP contribution in [0.15, 0.2) is 27.9 Å². The van der Waals surface area contributed by atoms with Gasteiger partial charge in [-0.15, -0.1) is 0 Å². The maximum atomic E-state index is 14.7. The van der Waals surface area contributed by atoms with Crippen molar-refractivity contribution in [2.75, 3.05) is 0 Å². The third-order valence-electron chi connectivity index (χ3n) is 13.5. The van der Waals surface area contributed by atoms with Crippen LogP contribution in [0.5, 0.6) is 0 Å². The number of rotatable bonds is 2. The molecule has 9 atom stereocenters. The molecule has 1 aromatic rings. The first-order chi connectivity index (χ1) is 18.6. The molecule has 6 heteroatoms. The van der Waals surface area contributed by atoms with Crippen molar-refractivity contribution in [1.29, 1.82) is 0 Å². The van der Waals surface area contributed by atoms with Gasteiger partial charge in [-0.1, -0.05) is 65.3 Å². The Bertz CT molecular complexity index is 1390. The number of nitrogens with zero attached hydrogens (tertiary/aromatic N) is 3. The van der Waals surface area contributed by atoms with Crippen molar-refractivity contribution in [3.05, 3.63) is 46.6 Å². The number of carbonyl (C=O) groups is 2. The Morgan fingerprint density at radius 2 is 1.77 bits per heavy atom. The molecule has 3 saturated carbocycles. The minimum atomic E-state index is -0.635. The van der Waals surface area contributed by atoms with Crippen LogP contribution in [0.4, 0.5) is 0 Å². The highest BCUT2D eigenvalue weighted by atomic mass is 16.5. The van der Waals surface area contributed by atoms with Crippen molar-refractivity contribution in [1.82, 2.24) is 10.1 Å². The second kappa shape index (κ2) is 8.49. The summed E-state index contributed by atoms with van der Waals surface area (Å²) >= 11 is 0. The molecular weight excluding hydrogens is 498 g/mol. The lowest BCUT2D eigenvalue weighted by Gasteiger charge is -2.69. The van der Waals surface area contributed by atoms with Gasteiger partial charge >= 0.3 is 0 Å². The monoisotopic (exact) mass is 543 g/mol. The molecule has 6 rings (SSSR count). The fourth-order valence-corrected chi connectivity index (χ4v) is 11.0. The van der Waals surface area contributed by atoms with Crippen LogP contribution in [0.3, 0.4) is 0 Å². The topological polar surface area (TPSA) is 77.4 Å². The smallest absolute Gasteiger partial charge is 0.227 e. The molecule has 40 heavy (non-hydrogen) atoms. The number of allylic oxidation sites excluding steroid dienone is 4. The highest BCUT2D eigenvalue weighted by Crippen LogP contribution is 2.74. The standard InChI is InChI=1S/C34H45N3O3/c1-19-10-13-34(18-26-36-21(3)37-40-26)15-14-33(8)28(27(34)20(19)2)23(38)16-25-31(6)17-22(35-9)29(39)30(4,5)24(31)11-12-32(25,33)7/h16-17,19-20,24,27-28H,10-15,18H2,1-8H3/t19-,20+,24+,27+,28-,31+,32-,33-,34-/m1/s1. The summed E-state index contributed by atoms with van der Waals surface area (Å²) in [5.41, 5.74) is -0.142. The van der Waals surface area contributed by atoms with Crippen LogP contribution in [0.1, 0.15) is 98.7 Å². The van der Waals surface area contributed by atoms with E-state index in [1.54, 1.807) is 0 Å². The van der Waals surface area contributed by atoms with Gasteiger partial charge < -0.3 is 9.32 Å². The molecule has 0 unspecified atom stereocenters. The summed E-state index contributed by atoms with van der Waals surface area (Å²) in [7, 11) is 0. The number of Topliss-reactive ketones (excluding diaryl/α,β-unsaturated/α-hetero) is 1. The molecule has 0 aromatic carbocycles. The molecule has 214 valence electrons. The summed E-state index contributed by atoms with van der Waals surface area (Å²) < 4.78 is 5.67. The van der Waals surface area contributed by atoms with Gasteiger partial charge in [0.05, 0.1) is 6.57 Å². The van der Waals surface area contributed by atoms with E-state index in [4.69, 9.17) is 11.1 Å². The Hall–Kier alpha value is -2.55.